The molecule has 0 saturated carbocycles. The maximum Gasteiger partial charge on any atom is 0.185 e. The summed E-state index contributed by atoms with van der Waals surface area (Å²) in [6.45, 7) is 7.50. The minimum absolute atomic E-state index is 0.116. The van der Waals surface area contributed by atoms with Crippen molar-refractivity contribution in [1.82, 2.24) is 0 Å². The Kier molecular flexibility index (Phi) is 3.92. The molecule has 0 aromatic heterocycles. The lowest BCUT2D eigenvalue weighted by Crippen LogP contribution is -2.27. The summed E-state index contributed by atoms with van der Waals surface area (Å²) in [7, 11) is 0. The summed E-state index contributed by atoms with van der Waals surface area (Å²) < 4.78 is 12.3. The molecular formula is C15H21NO3. The molecule has 3 atom stereocenters. The van der Waals surface area contributed by atoms with Gasteiger partial charge in [-0.1, -0.05) is 30.3 Å². The zero-order valence-electron chi connectivity index (χ0n) is 11.9. The fraction of sp³-hybridized carbons (Fsp3) is 0.533. The van der Waals surface area contributed by atoms with E-state index in [2.05, 4.69) is 0 Å². The van der Waals surface area contributed by atoms with Gasteiger partial charge in [0.2, 0.25) is 0 Å². The highest BCUT2D eigenvalue weighted by molar-refractivity contribution is 5.59. The number of ether oxygens (including phenoxy) is 2. The van der Waals surface area contributed by atoms with Crippen LogP contribution in [-0.4, -0.2) is 28.9 Å². The molecule has 2 rings (SSSR count). The molecule has 1 aromatic rings. The summed E-state index contributed by atoms with van der Waals surface area (Å²) in [4.78, 5) is 0. The van der Waals surface area contributed by atoms with Crippen LogP contribution in [-0.2, 0) is 9.47 Å². The Bertz CT molecular complexity index is 456. The van der Waals surface area contributed by atoms with Gasteiger partial charge >= 0.3 is 0 Å². The monoisotopic (exact) mass is 263 g/mol. The van der Waals surface area contributed by atoms with E-state index in [-0.39, 0.29) is 18.2 Å². The van der Waals surface area contributed by atoms with E-state index in [1.165, 1.54) is 0 Å². The van der Waals surface area contributed by atoms with Crippen molar-refractivity contribution in [3.8, 4) is 0 Å². The summed E-state index contributed by atoms with van der Waals surface area (Å²) in [5.41, 5.74) is 0.986. The highest BCUT2D eigenvalue weighted by Crippen LogP contribution is 2.27. The Morgan fingerprint density at radius 3 is 2.42 bits per heavy atom. The lowest BCUT2D eigenvalue weighted by molar-refractivity contribution is -0.501. The number of rotatable bonds is 3. The normalized spacial score (nSPS) is 28.3. The SMILES string of the molecule is C[C@@H]1OC(C)(C)O[C@H]1/C=[N+](\[O-])[C@H](C)c1ccccc1. The van der Waals surface area contributed by atoms with Gasteiger partial charge in [0.05, 0.1) is 6.10 Å². The maximum atomic E-state index is 12.2. The van der Waals surface area contributed by atoms with E-state index in [0.717, 1.165) is 10.3 Å². The third kappa shape index (κ3) is 3.33. The lowest BCUT2D eigenvalue weighted by atomic mass is 10.1. The molecule has 1 saturated heterocycles. The van der Waals surface area contributed by atoms with Crippen LogP contribution in [0.5, 0.6) is 0 Å². The minimum atomic E-state index is -0.628. The third-order valence-corrected chi connectivity index (χ3v) is 3.31. The van der Waals surface area contributed by atoms with Crippen LogP contribution in [0.1, 0.15) is 39.3 Å². The number of benzene rings is 1. The molecule has 0 aliphatic carbocycles. The second-order valence-corrected chi connectivity index (χ2v) is 5.40. The summed E-state index contributed by atoms with van der Waals surface area (Å²) in [6.07, 6.45) is 1.14. The topological polar surface area (TPSA) is 44.5 Å². The van der Waals surface area contributed by atoms with Crippen LogP contribution in [0.4, 0.5) is 0 Å². The fourth-order valence-corrected chi connectivity index (χ4v) is 2.27. The first-order chi connectivity index (χ1) is 8.89. The largest absolute Gasteiger partial charge is 0.624 e. The molecule has 1 aliphatic rings. The van der Waals surface area contributed by atoms with Crippen LogP contribution in [0, 0.1) is 5.21 Å². The Hall–Kier alpha value is -1.39. The predicted molar refractivity (Wildman–Crippen MR) is 74.0 cm³/mol. The first-order valence-electron chi connectivity index (χ1n) is 6.60. The molecule has 0 N–H and O–H groups in total. The fourth-order valence-electron chi connectivity index (χ4n) is 2.27. The Labute approximate surface area is 114 Å². The molecule has 0 bridgehead atoms. The summed E-state index contributed by atoms with van der Waals surface area (Å²) in [5.74, 6) is -0.628. The van der Waals surface area contributed by atoms with E-state index >= 15 is 0 Å². The minimum Gasteiger partial charge on any atom is -0.624 e. The predicted octanol–water partition coefficient (Wildman–Crippen LogP) is 2.87. The van der Waals surface area contributed by atoms with Gasteiger partial charge in [0.25, 0.3) is 0 Å². The van der Waals surface area contributed by atoms with Crippen molar-refractivity contribution in [1.29, 1.82) is 0 Å². The van der Waals surface area contributed by atoms with Gasteiger partial charge in [-0.2, -0.15) is 0 Å². The molecule has 1 fully saturated rings. The van der Waals surface area contributed by atoms with Gasteiger partial charge in [-0.15, -0.1) is 0 Å². The number of nitrogens with zero attached hydrogens (tertiary/aromatic N) is 1. The van der Waals surface area contributed by atoms with Crippen LogP contribution in [0.3, 0.4) is 0 Å². The van der Waals surface area contributed by atoms with Gasteiger partial charge in [0.1, 0.15) is 0 Å². The van der Waals surface area contributed by atoms with Gasteiger partial charge in [-0.25, -0.2) is 4.74 Å². The quantitative estimate of drug-likeness (QED) is 0.364. The van der Waals surface area contributed by atoms with Crippen molar-refractivity contribution in [2.75, 3.05) is 0 Å². The van der Waals surface area contributed by atoms with Crippen LogP contribution < -0.4 is 0 Å². The zero-order chi connectivity index (χ0) is 14.0. The van der Waals surface area contributed by atoms with E-state index in [4.69, 9.17) is 9.47 Å². The molecule has 0 unspecified atom stereocenters. The van der Waals surface area contributed by atoms with E-state index < -0.39 is 5.79 Å². The van der Waals surface area contributed by atoms with E-state index in [1.807, 2.05) is 58.0 Å². The molecule has 19 heavy (non-hydrogen) atoms. The highest BCUT2D eigenvalue weighted by atomic mass is 16.7. The molecule has 1 aliphatic heterocycles. The van der Waals surface area contributed by atoms with E-state index in [9.17, 15) is 5.21 Å². The lowest BCUT2D eigenvalue weighted by Gasteiger charge is -2.16. The van der Waals surface area contributed by atoms with Gasteiger partial charge in [0, 0.05) is 12.5 Å². The van der Waals surface area contributed by atoms with Crippen LogP contribution in [0.25, 0.3) is 0 Å². The van der Waals surface area contributed by atoms with Gasteiger partial charge < -0.3 is 14.7 Å². The average molecular weight is 263 g/mol. The zero-order valence-corrected chi connectivity index (χ0v) is 11.9. The Balaban J connectivity index is 2.11. The molecular weight excluding hydrogens is 242 g/mol. The molecule has 4 nitrogen and oxygen atoms in total. The van der Waals surface area contributed by atoms with Crippen molar-refractivity contribution in [3.63, 3.8) is 0 Å². The summed E-state index contributed by atoms with van der Waals surface area (Å²) >= 11 is 0. The highest BCUT2D eigenvalue weighted by Gasteiger charge is 2.39. The van der Waals surface area contributed by atoms with Crippen molar-refractivity contribution in [3.05, 3.63) is 41.1 Å². The first kappa shape index (κ1) is 14.0. The molecule has 1 aromatic carbocycles. The summed E-state index contributed by atoms with van der Waals surface area (Å²) in [5, 5.41) is 12.2. The van der Waals surface area contributed by atoms with Crippen LogP contribution >= 0.6 is 0 Å². The van der Waals surface area contributed by atoms with E-state index in [0.29, 0.717) is 0 Å². The number of hydrogen-bond acceptors (Lipinski definition) is 3. The third-order valence-electron chi connectivity index (χ3n) is 3.31. The molecule has 0 spiro atoms. The molecule has 104 valence electrons. The van der Waals surface area contributed by atoms with E-state index in [1.54, 1.807) is 6.21 Å². The van der Waals surface area contributed by atoms with Crippen molar-refractivity contribution in [2.24, 2.45) is 0 Å². The van der Waals surface area contributed by atoms with Crippen LogP contribution in [0.15, 0.2) is 30.3 Å². The second kappa shape index (κ2) is 5.31. The van der Waals surface area contributed by atoms with Gasteiger partial charge in [0.15, 0.2) is 24.1 Å². The number of hydrogen-bond donors (Lipinski definition) is 0. The Morgan fingerprint density at radius 2 is 1.89 bits per heavy atom. The maximum absolute atomic E-state index is 12.2. The van der Waals surface area contributed by atoms with Gasteiger partial charge in [-0.3, -0.25) is 0 Å². The molecule has 0 radical (unpaired) electrons. The van der Waals surface area contributed by atoms with Gasteiger partial charge in [-0.05, 0) is 20.8 Å². The smallest absolute Gasteiger partial charge is 0.185 e. The Morgan fingerprint density at radius 1 is 1.26 bits per heavy atom. The van der Waals surface area contributed by atoms with Crippen molar-refractivity contribution in [2.45, 2.75) is 51.7 Å². The molecule has 4 heteroatoms. The molecule has 0 amide bonds. The first-order valence-corrected chi connectivity index (χ1v) is 6.60. The van der Waals surface area contributed by atoms with Crippen LogP contribution in [0.2, 0.25) is 0 Å². The standard InChI is InChI=1S/C15H21NO3/c1-11(13-8-6-5-7-9-13)16(17)10-14-12(2)18-15(3,4)19-14/h5-12,14H,1-4H3/b16-10-/t11-,12+,14+/m1/s1. The van der Waals surface area contributed by atoms with Crippen molar-refractivity contribution < 1.29 is 14.2 Å². The van der Waals surface area contributed by atoms with Crippen molar-refractivity contribution >= 4 is 6.21 Å². The second-order valence-electron chi connectivity index (χ2n) is 5.40. The number of hydroxylamine groups is 1. The molecule has 1 heterocycles. The summed E-state index contributed by atoms with van der Waals surface area (Å²) in [6, 6.07) is 9.46. The average Bonchev–Trinajstić information content (AvgIpc) is 2.62.